The lowest BCUT2D eigenvalue weighted by molar-refractivity contribution is -0.117. The predicted octanol–water partition coefficient (Wildman–Crippen LogP) is 3.30. The van der Waals surface area contributed by atoms with Gasteiger partial charge in [0.1, 0.15) is 0 Å². The van der Waals surface area contributed by atoms with Crippen LogP contribution in [0.2, 0.25) is 0 Å². The molecule has 5 rings (SSSR count). The monoisotopic (exact) mass is 436 g/mol. The number of aromatic nitrogens is 1. The standard InChI is InChI=1S/C14H15N3O2.C6H6.C5H11NO/c18-8-11-7-9-6-10(3-4-12(9)16-11)17-14(19)13-2-1-5-15-13;1-2-4-6-5-3-1;1-6-3-5(4-6)7-2/h3-4,6-8,13,15-16H,1-2,5H2,(H,17,19);1-6H;5H,3-4H2,1-2H3/t13-;;/m0../s1. The number of aldehydes is 1. The maximum atomic E-state index is 12.0. The van der Waals surface area contributed by atoms with Crippen LogP contribution in [0, 0.1) is 0 Å². The average Bonchev–Trinajstić information content (AvgIpc) is 3.48. The number of nitrogens with one attached hydrogen (secondary N) is 3. The zero-order valence-electron chi connectivity index (χ0n) is 18.7. The molecule has 2 fully saturated rings. The number of amides is 1. The van der Waals surface area contributed by atoms with E-state index in [1.54, 1.807) is 13.2 Å². The van der Waals surface area contributed by atoms with Crippen LogP contribution in [0.25, 0.3) is 10.9 Å². The number of likely N-dealkylation sites (N-methyl/N-ethyl adjacent to an activating group) is 1. The molecule has 3 aromatic rings. The number of nitrogens with zero attached hydrogens (tertiary/aromatic N) is 1. The topological polar surface area (TPSA) is 86.5 Å². The zero-order valence-corrected chi connectivity index (χ0v) is 18.7. The Morgan fingerprint density at radius 3 is 2.31 bits per heavy atom. The minimum Gasteiger partial charge on any atom is -0.379 e. The number of fused-ring (bicyclic) bond motifs is 1. The number of carbonyl (C=O) groups excluding carboxylic acids is 2. The Balaban J connectivity index is 0.000000181. The highest BCUT2D eigenvalue weighted by Gasteiger charge is 2.22. The van der Waals surface area contributed by atoms with Crippen LogP contribution in [0.1, 0.15) is 23.3 Å². The lowest BCUT2D eigenvalue weighted by Crippen LogP contribution is -2.48. The van der Waals surface area contributed by atoms with E-state index in [1.807, 2.05) is 54.6 Å². The highest BCUT2D eigenvalue weighted by Crippen LogP contribution is 2.20. The molecule has 3 N–H and O–H groups in total. The molecule has 2 aliphatic rings. The number of aromatic amines is 1. The fourth-order valence-corrected chi connectivity index (χ4v) is 3.61. The summed E-state index contributed by atoms with van der Waals surface area (Å²) in [7, 11) is 3.85. The molecule has 1 aromatic heterocycles. The summed E-state index contributed by atoms with van der Waals surface area (Å²) < 4.78 is 5.01. The second kappa shape index (κ2) is 12.1. The Labute approximate surface area is 189 Å². The summed E-state index contributed by atoms with van der Waals surface area (Å²) in [6.45, 7) is 3.12. The number of anilines is 1. The summed E-state index contributed by atoms with van der Waals surface area (Å²) in [6, 6.07) is 19.2. The van der Waals surface area contributed by atoms with E-state index < -0.39 is 0 Å². The molecular weight excluding hydrogens is 404 g/mol. The molecule has 2 aliphatic heterocycles. The van der Waals surface area contributed by atoms with E-state index in [0.29, 0.717) is 11.8 Å². The van der Waals surface area contributed by atoms with Crippen LogP contribution in [0.3, 0.4) is 0 Å². The van der Waals surface area contributed by atoms with Gasteiger partial charge >= 0.3 is 0 Å². The molecule has 7 heteroatoms. The Kier molecular flexibility index (Phi) is 8.98. The molecule has 7 nitrogen and oxygen atoms in total. The van der Waals surface area contributed by atoms with Gasteiger partial charge in [0, 0.05) is 36.8 Å². The van der Waals surface area contributed by atoms with Gasteiger partial charge in [0.05, 0.1) is 17.8 Å². The highest BCUT2D eigenvalue weighted by molar-refractivity contribution is 5.97. The zero-order chi connectivity index (χ0) is 22.8. The molecule has 170 valence electrons. The summed E-state index contributed by atoms with van der Waals surface area (Å²) in [6.07, 6.45) is 3.22. The van der Waals surface area contributed by atoms with Crippen molar-refractivity contribution in [2.24, 2.45) is 0 Å². The van der Waals surface area contributed by atoms with Gasteiger partial charge in [-0.15, -0.1) is 0 Å². The first-order valence-corrected chi connectivity index (χ1v) is 10.9. The van der Waals surface area contributed by atoms with E-state index in [2.05, 4.69) is 27.6 Å². The Morgan fingerprint density at radius 1 is 1.12 bits per heavy atom. The number of likely N-dealkylation sites (tertiary alicyclic amines) is 1. The minimum absolute atomic E-state index is 0.00277. The molecule has 2 aromatic carbocycles. The van der Waals surface area contributed by atoms with Crippen molar-refractivity contribution in [1.29, 1.82) is 0 Å². The first-order valence-electron chi connectivity index (χ1n) is 10.9. The number of hydrogen-bond donors (Lipinski definition) is 3. The van der Waals surface area contributed by atoms with Gasteiger partial charge in [0.25, 0.3) is 0 Å². The number of carbonyl (C=O) groups is 2. The van der Waals surface area contributed by atoms with Crippen LogP contribution in [0.4, 0.5) is 5.69 Å². The number of hydrogen-bond acceptors (Lipinski definition) is 5. The third-order valence-corrected chi connectivity index (χ3v) is 5.44. The summed E-state index contributed by atoms with van der Waals surface area (Å²) in [5, 5.41) is 6.98. The van der Waals surface area contributed by atoms with Crippen molar-refractivity contribution in [2.75, 3.05) is 39.1 Å². The molecule has 3 heterocycles. The third kappa shape index (κ3) is 7.02. The van der Waals surface area contributed by atoms with Crippen LogP contribution in [0.15, 0.2) is 60.7 Å². The molecule has 0 saturated carbocycles. The van der Waals surface area contributed by atoms with E-state index in [0.717, 1.165) is 55.4 Å². The minimum atomic E-state index is -0.0903. The normalized spacial score (nSPS) is 18.0. The quantitative estimate of drug-likeness (QED) is 0.547. The van der Waals surface area contributed by atoms with E-state index in [4.69, 9.17) is 4.74 Å². The number of methoxy groups -OCH3 is 1. The summed E-state index contributed by atoms with van der Waals surface area (Å²) in [5.74, 6) is 0.00277. The van der Waals surface area contributed by atoms with Crippen LogP contribution in [-0.2, 0) is 9.53 Å². The van der Waals surface area contributed by atoms with Crippen molar-refractivity contribution in [1.82, 2.24) is 15.2 Å². The average molecular weight is 437 g/mol. The van der Waals surface area contributed by atoms with Crippen molar-refractivity contribution < 1.29 is 14.3 Å². The largest absolute Gasteiger partial charge is 0.379 e. The molecule has 1 amide bonds. The molecule has 0 spiro atoms. The first-order chi connectivity index (χ1) is 15.6. The van der Waals surface area contributed by atoms with Gasteiger partial charge in [-0.05, 0) is 50.7 Å². The van der Waals surface area contributed by atoms with Crippen LogP contribution in [-0.4, -0.2) is 68.0 Å². The smallest absolute Gasteiger partial charge is 0.241 e. The lowest BCUT2D eigenvalue weighted by Gasteiger charge is -2.34. The van der Waals surface area contributed by atoms with E-state index >= 15 is 0 Å². The second-order valence-electron chi connectivity index (χ2n) is 8.02. The number of rotatable bonds is 4. The van der Waals surface area contributed by atoms with Gasteiger partial charge in [-0.25, -0.2) is 0 Å². The Hall–Kier alpha value is -3.00. The van der Waals surface area contributed by atoms with Crippen molar-refractivity contribution in [3.05, 3.63) is 66.4 Å². The van der Waals surface area contributed by atoms with Gasteiger partial charge in [0.15, 0.2) is 6.29 Å². The summed E-state index contributed by atoms with van der Waals surface area (Å²) in [4.78, 5) is 27.9. The SMILES string of the molecule is COC1CN(C)C1.O=Cc1cc2cc(NC(=O)[C@@H]3CCCN3)ccc2[nH]1.c1ccccc1. The van der Waals surface area contributed by atoms with Crippen LogP contribution < -0.4 is 10.6 Å². The van der Waals surface area contributed by atoms with Crippen LogP contribution in [0.5, 0.6) is 0 Å². The van der Waals surface area contributed by atoms with Gasteiger partial charge < -0.3 is 25.3 Å². The lowest BCUT2D eigenvalue weighted by atomic mass is 10.2. The van der Waals surface area contributed by atoms with Crippen molar-refractivity contribution in [2.45, 2.75) is 25.0 Å². The maximum Gasteiger partial charge on any atom is 0.241 e. The summed E-state index contributed by atoms with van der Waals surface area (Å²) >= 11 is 0. The van der Waals surface area contributed by atoms with Gasteiger partial charge in [0.2, 0.25) is 5.91 Å². The first kappa shape index (κ1) is 23.7. The number of benzene rings is 2. The summed E-state index contributed by atoms with van der Waals surface area (Å²) in [5.41, 5.74) is 2.18. The number of H-pyrrole nitrogens is 1. The molecular formula is C25H32N4O3. The molecule has 0 bridgehead atoms. The van der Waals surface area contributed by atoms with E-state index in [-0.39, 0.29) is 11.9 Å². The van der Waals surface area contributed by atoms with Crippen molar-refractivity contribution in [3.8, 4) is 0 Å². The van der Waals surface area contributed by atoms with E-state index in [1.165, 1.54) is 0 Å². The maximum absolute atomic E-state index is 12.0. The van der Waals surface area contributed by atoms with Gasteiger partial charge in [-0.3, -0.25) is 9.59 Å². The van der Waals surface area contributed by atoms with Crippen molar-refractivity contribution >= 4 is 28.8 Å². The Morgan fingerprint density at radius 2 is 1.81 bits per heavy atom. The predicted molar refractivity (Wildman–Crippen MR) is 128 cm³/mol. The molecule has 0 aliphatic carbocycles. The van der Waals surface area contributed by atoms with E-state index in [9.17, 15) is 9.59 Å². The fraction of sp³-hybridized carbons (Fsp3) is 0.360. The molecule has 1 atom stereocenters. The van der Waals surface area contributed by atoms with Gasteiger partial charge in [-0.2, -0.15) is 0 Å². The molecule has 2 saturated heterocycles. The van der Waals surface area contributed by atoms with Crippen LogP contribution >= 0.6 is 0 Å². The number of ether oxygens (including phenoxy) is 1. The fourth-order valence-electron chi connectivity index (χ4n) is 3.61. The molecule has 32 heavy (non-hydrogen) atoms. The highest BCUT2D eigenvalue weighted by atomic mass is 16.5. The molecule has 0 unspecified atom stereocenters. The Bertz CT molecular complexity index is 951. The van der Waals surface area contributed by atoms with Crippen molar-refractivity contribution in [3.63, 3.8) is 0 Å². The molecule has 0 radical (unpaired) electrons. The van der Waals surface area contributed by atoms with Gasteiger partial charge in [-0.1, -0.05) is 36.4 Å². The third-order valence-electron chi connectivity index (χ3n) is 5.44. The second-order valence-corrected chi connectivity index (χ2v) is 8.02.